The number of pyridine rings is 1. The Morgan fingerprint density at radius 1 is 1.00 bits per heavy atom. The van der Waals surface area contributed by atoms with Gasteiger partial charge >= 0.3 is 0 Å². The number of aromatic nitrogens is 1. The number of nitrogens with zero attached hydrogens (tertiary/aromatic N) is 1. The van der Waals surface area contributed by atoms with Gasteiger partial charge in [0.1, 0.15) is 11.5 Å². The maximum atomic E-state index is 7.00. The summed E-state index contributed by atoms with van der Waals surface area (Å²) >= 11 is 0. The highest BCUT2D eigenvalue weighted by atomic mass is 16.5. The summed E-state index contributed by atoms with van der Waals surface area (Å²) in [5.41, 5.74) is 6.31. The predicted molar refractivity (Wildman–Crippen MR) is 74.7 cm³/mol. The zero-order chi connectivity index (χ0) is 13.8. The van der Waals surface area contributed by atoms with Crippen LogP contribution in [0.3, 0.4) is 0 Å². The Balaban J connectivity index is 0.000000659. The van der Waals surface area contributed by atoms with Crippen LogP contribution in [0, 0.1) is 0 Å². The fourth-order valence-electron chi connectivity index (χ4n) is 1.12. The number of rotatable bonds is 2. The third-order valence-electron chi connectivity index (χ3n) is 1.74. The first-order chi connectivity index (χ1) is 8.84. The van der Waals surface area contributed by atoms with Crippen LogP contribution in [0.15, 0.2) is 48.8 Å². The average Bonchev–Trinajstić information content (AvgIpc) is 2.44. The van der Waals surface area contributed by atoms with Gasteiger partial charge in [-0.15, -0.1) is 0 Å². The molecule has 0 aliphatic heterocycles. The van der Waals surface area contributed by atoms with E-state index in [-0.39, 0.29) is 0 Å². The highest BCUT2D eigenvalue weighted by molar-refractivity contribution is 5.44. The average molecular weight is 248 g/mol. The van der Waals surface area contributed by atoms with Gasteiger partial charge in [-0.1, -0.05) is 19.9 Å². The van der Waals surface area contributed by atoms with Crippen LogP contribution in [0.5, 0.6) is 11.5 Å². The number of aliphatic hydroxyl groups excluding tert-OH is 1. The molecule has 98 valence electrons. The number of hydrogen-bond acceptors (Lipinski definition) is 4. The molecule has 2 rings (SSSR count). The molecule has 0 fully saturated rings. The van der Waals surface area contributed by atoms with E-state index >= 15 is 0 Å². The van der Waals surface area contributed by atoms with Crippen LogP contribution in [-0.4, -0.2) is 17.2 Å². The Labute approximate surface area is 108 Å². The molecule has 0 saturated heterocycles. The minimum Gasteiger partial charge on any atom is -0.457 e. The molecule has 0 atom stereocenters. The SMILES string of the molecule is CC.CO.Nc1cccc(Oc2ccncc2)c1. The Hall–Kier alpha value is -2.07. The summed E-state index contributed by atoms with van der Waals surface area (Å²) in [5, 5.41) is 7.00. The lowest BCUT2D eigenvalue weighted by Crippen LogP contribution is -1.87. The van der Waals surface area contributed by atoms with Crippen LogP contribution in [0.1, 0.15) is 13.8 Å². The summed E-state index contributed by atoms with van der Waals surface area (Å²) in [6.45, 7) is 4.00. The third-order valence-corrected chi connectivity index (χ3v) is 1.74. The van der Waals surface area contributed by atoms with Gasteiger partial charge in [-0.3, -0.25) is 4.98 Å². The minimum absolute atomic E-state index is 0.691. The summed E-state index contributed by atoms with van der Waals surface area (Å²) in [5.74, 6) is 1.49. The Morgan fingerprint density at radius 3 is 2.17 bits per heavy atom. The molecule has 0 saturated carbocycles. The van der Waals surface area contributed by atoms with Crippen LogP contribution in [0.2, 0.25) is 0 Å². The Bertz CT molecular complexity index is 419. The molecule has 4 heteroatoms. The van der Waals surface area contributed by atoms with Crippen molar-refractivity contribution in [2.45, 2.75) is 13.8 Å². The lowest BCUT2D eigenvalue weighted by atomic mass is 10.3. The normalized spacial score (nSPS) is 8.22. The number of nitrogens with two attached hydrogens (primary N) is 1. The monoisotopic (exact) mass is 248 g/mol. The van der Waals surface area contributed by atoms with Crippen LogP contribution in [0.25, 0.3) is 0 Å². The fourth-order valence-corrected chi connectivity index (χ4v) is 1.12. The van der Waals surface area contributed by atoms with E-state index in [9.17, 15) is 0 Å². The molecule has 0 radical (unpaired) electrons. The van der Waals surface area contributed by atoms with E-state index in [1.807, 2.05) is 32.0 Å². The summed E-state index contributed by atoms with van der Waals surface area (Å²) in [6, 6.07) is 10.9. The lowest BCUT2D eigenvalue weighted by molar-refractivity contribution is 0.399. The van der Waals surface area contributed by atoms with E-state index in [4.69, 9.17) is 15.6 Å². The van der Waals surface area contributed by atoms with Crippen molar-refractivity contribution in [3.05, 3.63) is 48.8 Å². The molecule has 0 unspecified atom stereocenters. The van der Waals surface area contributed by atoms with Crippen LogP contribution >= 0.6 is 0 Å². The van der Waals surface area contributed by atoms with Crippen molar-refractivity contribution in [2.75, 3.05) is 12.8 Å². The third kappa shape index (κ3) is 5.86. The molecule has 0 spiro atoms. The van der Waals surface area contributed by atoms with Crippen molar-refractivity contribution >= 4 is 5.69 Å². The maximum Gasteiger partial charge on any atom is 0.130 e. The lowest BCUT2D eigenvalue weighted by Gasteiger charge is -2.04. The summed E-state index contributed by atoms with van der Waals surface area (Å²) in [7, 11) is 1.00. The smallest absolute Gasteiger partial charge is 0.130 e. The van der Waals surface area contributed by atoms with Gasteiger partial charge in [0.15, 0.2) is 0 Å². The van der Waals surface area contributed by atoms with Gasteiger partial charge in [0.25, 0.3) is 0 Å². The molecule has 3 N–H and O–H groups in total. The molecule has 18 heavy (non-hydrogen) atoms. The highest BCUT2D eigenvalue weighted by Crippen LogP contribution is 2.21. The molecule has 0 bridgehead atoms. The van der Waals surface area contributed by atoms with Crippen molar-refractivity contribution in [2.24, 2.45) is 0 Å². The Morgan fingerprint density at radius 2 is 1.61 bits per heavy atom. The highest BCUT2D eigenvalue weighted by Gasteiger charge is 1.95. The van der Waals surface area contributed by atoms with Gasteiger partial charge < -0.3 is 15.6 Å². The first kappa shape index (κ1) is 15.9. The molecule has 0 aliphatic carbocycles. The number of anilines is 1. The second kappa shape index (κ2) is 10.1. The number of ether oxygens (including phenoxy) is 1. The van der Waals surface area contributed by atoms with E-state index in [2.05, 4.69) is 4.98 Å². The van der Waals surface area contributed by atoms with Crippen molar-refractivity contribution in [1.82, 2.24) is 4.98 Å². The standard InChI is InChI=1S/C11H10N2O.C2H6.CH4O/c12-9-2-1-3-11(8-9)14-10-4-6-13-7-5-10;2*1-2/h1-8H,12H2;1-2H3;2H,1H3. The van der Waals surface area contributed by atoms with Crippen molar-refractivity contribution < 1.29 is 9.84 Å². The van der Waals surface area contributed by atoms with E-state index < -0.39 is 0 Å². The molecular formula is C14H20N2O2. The van der Waals surface area contributed by atoms with Gasteiger partial charge in [0.2, 0.25) is 0 Å². The van der Waals surface area contributed by atoms with Gasteiger partial charge in [0, 0.05) is 31.3 Å². The van der Waals surface area contributed by atoms with Crippen molar-refractivity contribution in [1.29, 1.82) is 0 Å². The summed E-state index contributed by atoms with van der Waals surface area (Å²) in [6.07, 6.45) is 3.36. The largest absolute Gasteiger partial charge is 0.457 e. The first-order valence-corrected chi connectivity index (χ1v) is 5.73. The van der Waals surface area contributed by atoms with E-state index in [1.54, 1.807) is 30.6 Å². The van der Waals surface area contributed by atoms with E-state index in [0.29, 0.717) is 5.69 Å². The quantitative estimate of drug-likeness (QED) is 0.801. The van der Waals surface area contributed by atoms with Crippen molar-refractivity contribution in [3.8, 4) is 11.5 Å². The van der Waals surface area contributed by atoms with Crippen molar-refractivity contribution in [3.63, 3.8) is 0 Å². The number of aliphatic hydroxyl groups is 1. The first-order valence-electron chi connectivity index (χ1n) is 5.73. The van der Waals surface area contributed by atoms with Crippen LogP contribution in [-0.2, 0) is 0 Å². The zero-order valence-electron chi connectivity index (χ0n) is 11.0. The van der Waals surface area contributed by atoms with E-state index in [0.717, 1.165) is 18.6 Å². The predicted octanol–water partition coefficient (Wildman–Crippen LogP) is 3.09. The fraction of sp³-hybridized carbons (Fsp3) is 0.214. The molecule has 1 aromatic heterocycles. The molecule has 0 aliphatic rings. The van der Waals surface area contributed by atoms with E-state index in [1.165, 1.54) is 0 Å². The minimum atomic E-state index is 0.691. The number of hydrogen-bond donors (Lipinski definition) is 2. The van der Waals surface area contributed by atoms with Gasteiger partial charge in [-0.2, -0.15) is 0 Å². The number of benzene rings is 1. The zero-order valence-corrected chi connectivity index (χ0v) is 11.0. The topological polar surface area (TPSA) is 68.4 Å². The molecular weight excluding hydrogens is 228 g/mol. The molecule has 2 aromatic rings. The second-order valence-electron chi connectivity index (χ2n) is 2.86. The van der Waals surface area contributed by atoms with Crippen LogP contribution < -0.4 is 10.5 Å². The van der Waals surface area contributed by atoms with Gasteiger partial charge in [0.05, 0.1) is 0 Å². The molecule has 0 amide bonds. The Kier molecular flexibility index (Phi) is 8.95. The van der Waals surface area contributed by atoms with Gasteiger partial charge in [-0.05, 0) is 24.3 Å². The number of nitrogen functional groups attached to an aromatic ring is 1. The van der Waals surface area contributed by atoms with Crippen LogP contribution in [0.4, 0.5) is 5.69 Å². The second-order valence-corrected chi connectivity index (χ2v) is 2.86. The molecule has 1 heterocycles. The summed E-state index contributed by atoms with van der Waals surface area (Å²) < 4.78 is 5.54. The molecule has 1 aromatic carbocycles. The molecule has 4 nitrogen and oxygen atoms in total. The summed E-state index contributed by atoms with van der Waals surface area (Å²) in [4.78, 5) is 3.90. The van der Waals surface area contributed by atoms with Gasteiger partial charge in [-0.25, -0.2) is 0 Å². The maximum absolute atomic E-state index is 7.00.